The Hall–Kier alpha value is -0.200. The topological polar surface area (TPSA) is 48.0 Å². The largest absolute Gasteiger partial charge is 0.389 e. The molecule has 1 aliphatic heterocycles. The number of likely N-dealkylation sites (N-methyl/N-ethyl adjacent to an activating group) is 2. The van der Waals surface area contributed by atoms with Gasteiger partial charge in [0.1, 0.15) is 0 Å². The van der Waals surface area contributed by atoms with Gasteiger partial charge in [0.15, 0.2) is 0 Å². The Morgan fingerprint density at radius 2 is 1.95 bits per heavy atom. The second kappa shape index (κ2) is 9.74. The summed E-state index contributed by atoms with van der Waals surface area (Å²) in [6.07, 6.45) is 0.836. The number of nitrogens with one attached hydrogen (secondary N) is 1. The maximum absolute atomic E-state index is 9.97. The van der Waals surface area contributed by atoms with Crippen LogP contribution in [0, 0.1) is 5.92 Å². The Morgan fingerprint density at radius 1 is 1.24 bits per heavy atom. The van der Waals surface area contributed by atoms with E-state index in [9.17, 15) is 5.11 Å². The van der Waals surface area contributed by atoms with Crippen molar-refractivity contribution in [2.24, 2.45) is 5.92 Å². The number of aliphatic hydroxyl groups is 1. The van der Waals surface area contributed by atoms with Crippen LogP contribution in [0.5, 0.6) is 0 Å². The predicted octanol–water partition coefficient (Wildman–Crippen LogP) is 0.634. The van der Waals surface area contributed by atoms with Crippen LogP contribution in [0.2, 0.25) is 0 Å². The molecule has 0 spiro atoms. The third-order valence-corrected chi connectivity index (χ3v) is 4.12. The predicted molar refractivity (Wildman–Crippen MR) is 87.7 cm³/mol. The molecule has 2 N–H and O–H groups in total. The summed E-state index contributed by atoms with van der Waals surface area (Å²) >= 11 is 0. The molecule has 1 rings (SSSR count). The Morgan fingerprint density at radius 3 is 2.62 bits per heavy atom. The van der Waals surface area contributed by atoms with Gasteiger partial charge in [0.2, 0.25) is 0 Å². The van der Waals surface area contributed by atoms with Crippen LogP contribution in [0.25, 0.3) is 0 Å². The van der Waals surface area contributed by atoms with Gasteiger partial charge in [-0.15, -0.1) is 0 Å². The lowest BCUT2D eigenvalue weighted by Gasteiger charge is -2.38. The van der Waals surface area contributed by atoms with E-state index in [0.717, 1.165) is 32.6 Å². The van der Waals surface area contributed by atoms with Crippen LogP contribution >= 0.6 is 0 Å². The van der Waals surface area contributed by atoms with Crippen molar-refractivity contribution in [2.75, 3.05) is 53.4 Å². The molecule has 0 aromatic carbocycles. The van der Waals surface area contributed by atoms with Crippen LogP contribution in [-0.2, 0) is 4.74 Å². The van der Waals surface area contributed by atoms with Crippen LogP contribution in [0.15, 0.2) is 0 Å². The van der Waals surface area contributed by atoms with Gasteiger partial charge in [0.05, 0.1) is 18.8 Å². The van der Waals surface area contributed by atoms with E-state index in [4.69, 9.17) is 4.74 Å². The SMILES string of the molecule is CC(C)CC(C)OCC(O)CNCC1CN(C)CCN1C. The molecule has 0 amide bonds. The molecule has 5 nitrogen and oxygen atoms in total. The third kappa shape index (κ3) is 8.12. The molecule has 3 unspecified atom stereocenters. The quantitative estimate of drug-likeness (QED) is 0.654. The highest BCUT2D eigenvalue weighted by Gasteiger charge is 2.21. The van der Waals surface area contributed by atoms with Crippen LogP contribution < -0.4 is 5.32 Å². The number of hydrogen-bond acceptors (Lipinski definition) is 5. The van der Waals surface area contributed by atoms with Crippen LogP contribution in [-0.4, -0.2) is 86.6 Å². The highest BCUT2D eigenvalue weighted by molar-refractivity contribution is 4.80. The van der Waals surface area contributed by atoms with E-state index < -0.39 is 6.10 Å². The number of hydrogen-bond donors (Lipinski definition) is 2. The van der Waals surface area contributed by atoms with Crippen molar-refractivity contribution in [1.82, 2.24) is 15.1 Å². The summed E-state index contributed by atoms with van der Waals surface area (Å²) < 4.78 is 5.69. The summed E-state index contributed by atoms with van der Waals surface area (Å²) in [4.78, 5) is 4.75. The average molecular weight is 301 g/mol. The molecular weight excluding hydrogens is 266 g/mol. The summed E-state index contributed by atoms with van der Waals surface area (Å²) in [5, 5.41) is 13.3. The minimum absolute atomic E-state index is 0.220. The van der Waals surface area contributed by atoms with E-state index in [2.05, 4.69) is 50.0 Å². The van der Waals surface area contributed by atoms with E-state index in [1.54, 1.807) is 0 Å². The zero-order valence-electron chi connectivity index (χ0n) is 14.5. The van der Waals surface area contributed by atoms with E-state index in [0.29, 0.717) is 25.1 Å². The van der Waals surface area contributed by atoms with Crippen molar-refractivity contribution < 1.29 is 9.84 Å². The first-order valence-corrected chi connectivity index (χ1v) is 8.27. The molecule has 5 heteroatoms. The molecule has 0 radical (unpaired) electrons. The fourth-order valence-electron chi connectivity index (χ4n) is 2.80. The molecule has 0 saturated carbocycles. The fourth-order valence-corrected chi connectivity index (χ4v) is 2.80. The van der Waals surface area contributed by atoms with Crippen LogP contribution in [0.3, 0.4) is 0 Å². The molecule has 21 heavy (non-hydrogen) atoms. The number of rotatable bonds is 9. The molecule has 3 atom stereocenters. The Labute approximate surface area is 130 Å². The monoisotopic (exact) mass is 301 g/mol. The lowest BCUT2D eigenvalue weighted by atomic mass is 10.1. The lowest BCUT2D eigenvalue weighted by Crippen LogP contribution is -2.54. The Bertz CT molecular complexity index is 276. The highest BCUT2D eigenvalue weighted by Crippen LogP contribution is 2.08. The van der Waals surface area contributed by atoms with E-state index in [1.165, 1.54) is 0 Å². The standard InChI is InChI=1S/C16H35N3O2/c1-13(2)8-14(3)21-12-16(20)10-17-9-15-11-18(4)6-7-19(15)5/h13-17,20H,6-12H2,1-5H3. The van der Waals surface area contributed by atoms with Gasteiger partial charge in [-0.25, -0.2) is 0 Å². The minimum atomic E-state index is -0.425. The van der Waals surface area contributed by atoms with Crippen molar-refractivity contribution >= 4 is 0 Å². The number of ether oxygens (including phenoxy) is 1. The summed E-state index contributed by atoms with van der Waals surface area (Å²) in [7, 11) is 4.34. The zero-order valence-corrected chi connectivity index (χ0v) is 14.5. The van der Waals surface area contributed by atoms with Gasteiger partial charge < -0.3 is 20.1 Å². The van der Waals surface area contributed by atoms with Gasteiger partial charge in [-0.1, -0.05) is 13.8 Å². The van der Waals surface area contributed by atoms with E-state index >= 15 is 0 Å². The molecule has 126 valence electrons. The van der Waals surface area contributed by atoms with E-state index in [-0.39, 0.29) is 6.10 Å². The molecule has 0 aromatic heterocycles. The number of aliphatic hydroxyl groups excluding tert-OH is 1. The van der Waals surface area contributed by atoms with Crippen LogP contribution in [0.4, 0.5) is 0 Å². The second-order valence-corrected chi connectivity index (χ2v) is 6.98. The third-order valence-electron chi connectivity index (χ3n) is 4.12. The van der Waals surface area contributed by atoms with E-state index in [1.807, 2.05) is 0 Å². The maximum Gasteiger partial charge on any atom is 0.0897 e. The average Bonchev–Trinajstić information content (AvgIpc) is 2.39. The summed E-state index contributed by atoms with van der Waals surface area (Å²) in [6, 6.07) is 0.525. The molecule has 1 fully saturated rings. The number of piperazine rings is 1. The molecule has 1 saturated heterocycles. The number of nitrogens with zero attached hydrogens (tertiary/aromatic N) is 2. The van der Waals surface area contributed by atoms with Gasteiger partial charge in [-0.2, -0.15) is 0 Å². The Kier molecular flexibility index (Phi) is 8.74. The van der Waals surface area contributed by atoms with Crippen molar-refractivity contribution in [3.8, 4) is 0 Å². The van der Waals surface area contributed by atoms with Gasteiger partial charge in [-0.3, -0.25) is 4.90 Å². The summed E-state index contributed by atoms with van der Waals surface area (Å²) in [5.74, 6) is 0.633. The fraction of sp³-hybridized carbons (Fsp3) is 1.00. The lowest BCUT2D eigenvalue weighted by molar-refractivity contribution is -0.00922. The first kappa shape index (κ1) is 18.8. The van der Waals surface area contributed by atoms with Crippen molar-refractivity contribution in [1.29, 1.82) is 0 Å². The normalized spacial score (nSPS) is 24.4. The first-order valence-electron chi connectivity index (χ1n) is 8.27. The van der Waals surface area contributed by atoms with Gasteiger partial charge in [-0.05, 0) is 33.4 Å². The summed E-state index contributed by atoms with van der Waals surface area (Å²) in [6.45, 7) is 11.7. The minimum Gasteiger partial charge on any atom is -0.389 e. The second-order valence-electron chi connectivity index (χ2n) is 6.98. The van der Waals surface area contributed by atoms with Crippen LogP contribution in [0.1, 0.15) is 27.2 Å². The zero-order chi connectivity index (χ0) is 15.8. The molecule has 0 aliphatic carbocycles. The van der Waals surface area contributed by atoms with Crippen molar-refractivity contribution in [3.05, 3.63) is 0 Å². The van der Waals surface area contributed by atoms with Crippen molar-refractivity contribution in [3.63, 3.8) is 0 Å². The smallest absolute Gasteiger partial charge is 0.0897 e. The maximum atomic E-state index is 9.97. The molecule has 0 aromatic rings. The molecule has 1 aliphatic rings. The molecule has 0 bridgehead atoms. The summed E-state index contributed by atoms with van der Waals surface area (Å²) in [5.41, 5.74) is 0. The molecule has 1 heterocycles. The highest BCUT2D eigenvalue weighted by atomic mass is 16.5. The van der Waals surface area contributed by atoms with Crippen molar-refractivity contribution in [2.45, 2.75) is 45.4 Å². The van der Waals surface area contributed by atoms with Gasteiger partial charge in [0.25, 0.3) is 0 Å². The van der Waals surface area contributed by atoms with Gasteiger partial charge in [0, 0.05) is 38.8 Å². The first-order chi connectivity index (χ1) is 9.88. The van der Waals surface area contributed by atoms with Gasteiger partial charge >= 0.3 is 0 Å². The molecular formula is C16H35N3O2. The Balaban J connectivity index is 2.11.